The molecule has 0 amide bonds. The lowest BCUT2D eigenvalue weighted by Crippen LogP contribution is -2.34. The molecule has 0 aromatic heterocycles. The summed E-state index contributed by atoms with van der Waals surface area (Å²) in [7, 11) is -3.45. The average molecular weight is 298 g/mol. The van der Waals surface area contributed by atoms with Gasteiger partial charge < -0.3 is 5.73 Å². The van der Waals surface area contributed by atoms with Crippen LogP contribution in [0, 0.1) is 5.92 Å². The predicted octanol–water partition coefficient (Wildman–Crippen LogP) is 2.89. The molecule has 1 aromatic carbocycles. The standard InChI is InChI=1S/C15H26N2O2S/c1-5-12(4)11-17(7-3)20(18,19)14-9-8-13(6-2)15(16)10-14/h8-10,12H,5-7,11,16H2,1-4H3. The topological polar surface area (TPSA) is 63.4 Å². The Hall–Kier alpha value is -1.07. The van der Waals surface area contributed by atoms with E-state index in [1.54, 1.807) is 18.2 Å². The smallest absolute Gasteiger partial charge is 0.243 e. The number of hydrogen-bond donors (Lipinski definition) is 1. The van der Waals surface area contributed by atoms with Crippen molar-refractivity contribution in [2.45, 2.75) is 45.4 Å². The minimum Gasteiger partial charge on any atom is -0.398 e. The molecular weight excluding hydrogens is 272 g/mol. The van der Waals surface area contributed by atoms with Crippen molar-refractivity contribution in [2.24, 2.45) is 5.92 Å². The summed E-state index contributed by atoms with van der Waals surface area (Å²) in [5, 5.41) is 0. The van der Waals surface area contributed by atoms with Gasteiger partial charge in [-0.25, -0.2) is 8.42 Å². The maximum absolute atomic E-state index is 12.6. The molecule has 0 saturated carbocycles. The Balaban J connectivity index is 3.10. The first-order valence-corrected chi connectivity index (χ1v) is 8.69. The molecule has 1 rings (SSSR count). The van der Waals surface area contributed by atoms with Gasteiger partial charge in [-0.1, -0.05) is 40.2 Å². The number of sulfonamides is 1. The third-order valence-corrected chi connectivity index (χ3v) is 5.64. The number of anilines is 1. The molecule has 20 heavy (non-hydrogen) atoms. The summed E-state index contributed by atoms with van der Waals surface area (Å²) < 4.78 is 26.8. The van der Waals surface area contributed by atoms with Crippen LogP contribution in [-0.2, 0) is 16.4 Å². The van der Waals surface area contributed by atoms with Crippen LogP contribution in [0.5, 0.6) is 0 Å². The van der Waals surface area contributed by atoms with Gasteiger partial charge in [-0.3, -0.25) is 0 Å². The van der Waals surface area contributed by atoms with Gasteiger partial charge in [0.05, 0.1) is 4.90 Å². The minimum atomic E-state index is -3.45. The second-order valence-electron chi connectivity index (χ2n) is 5.18. The number of rotatable bonds is 7. The van der Waals surface area contributed by atoms with Crippen molar-refractivity contribution in [1.82, 2.24) is 4.31 Å². The van der Waals surface area contributed by atoms with E-state index in [0.29, 0.717) is 24.7 Å². The highest BCUT2D eigenvalue weighted by Crippen LogP contribution is 2.22. The fourth-order valence-corrected chi connectivity index (χ4v) is 3.68. The summed E-state index contributed by atoms with van der Waals surface area (Å²) in [6.07, 6.45) is 1.76. The summed E-state index contributed by atoms with van der Waals surface area (Å²) in [6.45, 7) is 9.02. The van der Waals surface area contributed by atoms with Crippen LogP contribution in [0.3, 0.4) is 0 Å². The van der Waals surface area contributed by atoms with Crippen LogP contribution in [0.1, 0.15) is 39.7 Å². The molecule has 1 unspecified atom stereocenters. The van der Waals surface area contributed by atoms with Gasteiger partial charge in [-0.05, 0) is 30.0 Å². The first-order chi connectivity index (χ1) is 9.36. The Morgan fingerprint density at radius 2 is 1.90 bits per heavy atom. The molecule has 4 nitrogen and oxygen atoms in total. The van der Waals surface area contributed by atoms with E-state index < -0.39 is 10.0 Å². The lowest BCUT2D eigenvalue weighted by atomic mass is 10.1. The zero-order valence-electron chi connectivity index (χ0n) is 12.9. The molecule has 1 atom stereocenters. The highest BCUT2D eigenvalue weighted by atomic mass is 32.2. The molecule has 114 valence electrons. The Labute approximate surface area is 123 Å². The van der Waals surface area contributed by atoms with Crippen LogP contribution >= 0.6 is 0 Å². The number of nitrogens with two attached hydrogens (primary N) is 1. The van der Waals surface area contributed by atoms with E-state index in [9.17, 15) is 8.42 Å². The summed E-state index contributed by atoms with van der Waals surface area (Å²) in [6, 6.07) is 5.04. The van der Waals surface area contributed by atoms with E-state index in [0.717, 1.165) is 18.4 Å². The van der Waals surface area contributed by atoms with Crippen molar-refractivity contribution in [3.8, 4) is 0 Å². The number of aryl methyl sites for hydroxylation is 1. The van der Waals surface area contributed by atoms with E-state index in [1.807, 2.05) is 13.8 Å². The second kappa shape index (κ2) is 7.09. The Bertz CT molecular complexity index is 541. The van der Waals surface area contributed by atoms with E-state index in [1.165, 1.54) is 4.31 Å². The average Bonchev–Trinajstić information content (AvgIpc) is 2.43. The predicted molar refractivity (Wildman–Crippen MR) is 84.1 cm³/mol. The number of benzene rings is 1. The van der Waals surface area contributed by atoms with Gasteiger partial charge in [-0.2, -0.15) is 4.31 Å². The summed E-state index contributed by atoms with van der Waals surface area (Å²) in [5.41, 5.74) is 7.44. The first kappa shape index (κ1) is 17.0. The highest BCUT2D eigenvalue weighted by Gasteiger charge is 2.24. The van der Waals surface area contributed by atoms with Crippen LogP contribution in [0.2, 0.25) is 0 Å². The molecule has 0 fully saturated rings. The van der Waals surface area contributed by atoms with E-state index in [-0.39, 0.29) is 4.90 Å². The van der Waals surface area contributed by atoms with Gasteiger partial charge in [0.15, 0.2) is 0 Å². The lowest BCUT2D eigenvalue weighted by molar-refractivity contribution is 0.361. The van der Waals surface area contributed by atoms with E-state index in [4.69, 9.17) is 5.73 Å². The summed E-state index contributed by atoms with van der Waals surface area (Å²) >= 11 is 0. The van der Waals surface area contributed by atoms with Gasteiger partial charge in [-0.15, -0.1) is 0 Å². The molecule has 1 aromatic rings. The second-order valence-corrected chi connectivity index (χ2v) is 7.12. The first-order valence-electron chi connectivity index (χ1n) is 7.25. The van der Waals surface area contributed by atoms with Gasteiger partial charge in [0.2, 0.25) is 10.0 Å². The van der Waals surface area contributed by atoms with Gasteiger partial charge >= 0.3 is 0 Å². The van der Waals surface area contributed by atoms with Crippen molar-refractivity contribution < 1.29 is 8.42 Å². The monoisotopic (exact) mass is 298 g/mol. The number of hydrogen-bond acceptors (Lipinski definition) is 3. The van der Waals surface area contributed by atoms with Gasteiger partial charge in [0.1, 0.15) is 0 Å². The zero-order valence-corrected chi connectivity index (χ0v) is 13.7. The van der Waals surface area contributed by atoms with Crippen LogP contribution < -0.4 is 5.73 Å². The van der Waals surface area contributed by atoms with E-state index in [2.05, 4.69) is 13.8 Å². The molecule has 0 heterocycles. The maximum Gasteiger partial charge on any atom is 0.243 e. The molecule has 0 spiro atoms. The largest absolute Gasteiger partial charge is 0.398 e. The molecule has 5 heteroatoms. The molecular formula is C15H26N2O2S. The Kier molecular flexibility index (Phi) is 6.02. The number of nitrogen functional groups attached to an aromatic ring is 1. The molecule has 0 aliphatic carbocycles. The highest BCUT2D eigenvalue weighted by molar-refractivity contribution is 7.89. The fourth-order valence-electron chi connectivity index (χ4n) is 2.08. The molecule has 0 aliphatic rings. The molecule has 2 N–H and O–H groups in total. The Morgan fingerprint density at radius 3 is 2.35 bits per heavy atom. The van der Waals surface area contributed by atoms with Crippen LogP contribution in [0.15, 0.2) is 23.1 Å². The molecule has 0 aliphatic heterocycles. The van der Waals surface area contributed by atoms with Crippen LogP contribution in [0.25, 0.3) is 0 Å². The summed E-state index contributed by atoms with van der Waals surface area (Å²) in [5.74, 6) is 0.344. The van der Waals surface area contributed by atoms with E-state index >= 15 is 0 Å². The third kappa shape index (κ3) is 3.73. The molecule has 0 bridgehead atoms. The molecule has 0 saturated heterocycles. The SMILES string of the molecule is CCc1ccc(S(=O)(=O)N(CC)CC(C)CC)cc1N. The fraction of sp³-hybridized carbons (Fsp3) is 0.600. The number of nitrogens with zero attached hydrogens (tertiary/aromatic N) is 1. The third-order valence-electron chi connectivity index (χ3n) is 3.70. The quantitative estimate of drug-likeness (QED) is 0.787. The van der Waals surface area contributed by atoms with Gasteiger partial charge in [0, 0.05) is 18.8 Å². The summed E-state index contributed by atoms with van der Waals surface area (Å²) in [4.78, 5) is 0.289. The van der Waals surface area contributed by atoms with Crippen molar-refractivity contribution in [3.05, 3.63) is 23.8 Å². The van der Waals surface area contributed by atoms with Crippen molar-refractivity contribution >= 4 is 15.7 Å². The minimum absolute atomic E-state index is 0.289. The normalized spacial score (nSPS) is 13.7. The molecule has 0 radical (unpaired) electrons. The van der Waals surface area contributed by atoms with Crippen molar-refractivity contribution in [1.29, 1.82) is 0 Å². The van der Waals surface area contributed by atoms with Crippen molar-refractivity contribution in [2.75, 3.05) is 18.8 Å². The Morgan fingerprint density at radius 1 is 1.25 bits per heavy atom. The lowest BCUT2D eigenvalue weighted by Gasteiger charge is -2.23. The van der Waals surface area contributed by atoms with Gasteiger partial charge in [0.25, 0.3) is 0 Å². The maximum atomic E-state index is 12.6. The van der Waals surface area contributed by atoms with Crippen LogP contribution in [0.4, 0.5) is 5.69 Å². The van der Waals surface area contributed by atoms with Crippen LogP contribution in [-0.4, -0.2) is 25.8 Å². The zero-order chi connectivity index (χ0) is 15.3. The van der Waals surface area contributed by atoms with Crippen molar-refractivity contribution in [3.63, 3.8) is 0 Å².